The van der Waals surface area contributed by atoms with Crippen molar-refractivity contribution in [3.8, 4) is 0 Å². The molecule has 0 bridgehead atoms. The summed E-state index contributed by atoms with van der Waals surface area (Å²) < 4.78 is 13.3. The third-order valence-corrected chi connectivity index (χ3v) is 3.77. The van der Waals surface area contributed by atoms with Gasteiger partial charge in [-0.25, -0.2) is 0 Å². The topological polar surface area (TPSA) is 119 Å². The minimum atomic E-state index is -1.49. The summed E-state index contributed by atoms with van der Waals surface area (Å²) in [7, 11) is 0. The van der Waals surface area contributed by atoms with Crippen LogP contribution < -0.4 is 0 Å². The van der Waals surface area contributed by atoms with Crippen LogP contribution in [-0.4, -0.2) is 69.3 Å². The van der Waals surface area contributed by atoms with Crippen LogP contribution in [0.1, 0.15) is 34.6 Å². The Balaban J connectivity index is 5.14. The first-order valence-electron chi connectivity index (χ1n) is 7.82. The van der Waals surface area contributed by atoms with Crippen molar-refractivity contribution in [1.82, 2.24) is 0 Å². The number of hydrogen-bond donors (Lipinski definition) is 2. The monoisotopic (exact) mass is 504 g/mol. The van der Waals surface area contributed by atoms with E-state index in [2.05, 4.69) is 31.9 Å². The van der Waals surface area contributed by atoms with Crippen LogP contribution in [0.4, 0.5) is 0 Å². The number of carbonyl (C=O) groups is 3. The number of aliphatic hydroxyl groups excluding tert-OH is 2. The van der Waals surface area contributed by atoms with Crippen LogP contribution in [0.2, 0.25) is 0 Å². The standard InChI is InChI=1S/C16H26Br2O8/c1-14(2,17)11(21)25-8-16(5,9-26-12(22)15(3,4)18)13(23)24-7-10(20)6-19/h10,19-20H,6-9H2,1-5H3. The van der Waals surface area contributed by atoms with Gasteiger partial charge in [0, 0.05) is 0 Å². The third-order valence-electron chi connectivity index (χ3n) is 3.12. The van der Waals surface area contributed by atoms with E-state index < -0.39 is 64.5 Å². The highest BCUT2D eigenvalue weighted by Crippen LogP contribution is 2.25. The zero-order valence-corrected chi connectivity index (χ0v) is 18.7. The molecule has 1 unspecified atom stereocenters. The van der Waals surface area contributed by atoms with Crippen molar-refractivity contribution in [2.45, 2.75) is 49.4 Å². The molecule has 1 atom stereocenters. The van der Waals surface area contributed by atoms with Gasteiger partial charge in [-0.3, -0.25) is 14.4 Å². The lowest BCUT2D eigenvalue weighted by molar-refractivity contribution is -0.173. The Morgan fingerprint density at radius 3 is 1.54 bits per heavy atom. The van der Waals surface area contributed by atoms with E-state index in [0.717, 1.165) is 0 Å². The average molecular weight is 506 g/mol. The molecule has 0 fully saturated rings. The van der Waals surface area contributed by atoms with E-state index in [1.165, 1.54) is 6.92 Å². The van der Waals surface area contributed by atoms with Crippen LogP contribution in [0.5, 0.6) is 0 Å². The lowest BCUT2D eigenvalue weighted by Gasteiger charge is -2.29. The molecule has 0 heterocycles. The van der Waals surface area contributed by atoms with E-state index in [-0.39, 0.29) is 0 Å². The SMILES string of the molecule is CC(C)(Br)C(=O)OCC(C)(COC(=O)C(C)(C)Br)C(=O)OCC(O)CO. The maximum atomic E-state index is 12.4. The number of rotatable bonds is 10. The van der Waals surface area contributed by atoms with Gasteiger partial charge in [0.2, 0.25) is 0 Å². The highest BCUT2D eigenvalue weighted by molar-refractivity contribution is 9.10. The smallest absolute Gasteiger partial charge is 0.322 e. The molecule has 0 aromatic carbocycles. The highest BCUT2D eigenvalue weighted by atomic mass is 79.9. The molecule has 2 N–H and O–H groups in total. The van der Waals surface area contributed by atoms with Crippen molar-refractivity contribution in [2.24, 2.45) is 5.41 Å². The number of aliphatic hydroxyl groups is 2. The van der Waals surface area contributed by atoms with Crippen molar-refractivity contribution in [1.29, 1.82) is 0 Å². The van der Waals surface area contributed by atoms with Gasteiger partial charge in [-0.2, -0.15) is 0 Å². The summed E-state index contributed by atoms with van der Waals surface area (Å²) in [6.45, 7) is 5.90. The Morgan fingerprint density at radius 1 is 0.846 bits per heavy atom. The van der Waals surface area contributed by atoms with Crippen molar-refractivity contribution < 1.29 is 38.8 Å². The first-order valence-corrected chi connectivity index (χ1v) is 9.40. The molecule has 0 amide bonds. The van der Waals surface area contributed by atoms with E-state index in [1.54, 1.807) is 27.7 Å². The molecule has 0 aromatic heterocycles. The van der Waals surface area contributed by atoms with Gasteiger partial charge in [0.1, 0.15) is 40.0 Å². The normalized spacial score (nSPS) is 13.7. The summed E-state index contributed by atoms with van der Waals surface area (Å²) in [5.41, 5.74) is -1.49. The molecule has 152 valence electrons. The second-order valence-corrected chi connectivity index (χ2v) is 11.1. The van der Waals surface area contributed by atoms with Crippen molar-refractivity contribution in [3.05, 3.63) is 0 Å². The van der Waals surface area contributed by atoms with Crippen LogP contribution in [0.15, 0.2) is 0 Å². The lowest BCUT2D eigenvalue weighted by Crippen LogP contribution is -2.44. The number of hydrogen-bond acceptors (Lipinski definition) is 8. The van der Waals surface area contributed by atoms with Gasteiger partial charge in [-0.15, -0.1) is 0 Å². The molecule has 26 heavy (non-hydrogen) atoms. The van der Waals surface area contributed by atoms with Crippen molar-refractivity contribution in [2.75, 3.05) is 26.4 Å². The molecule has 0 saturated carbocycles. The maximum Gasteiger partial charge on any atom is 0.322 e. The largest absolute Gasteiger partial charge is 0.463 e. The quantitative estimate of drug-likeness (QED) is 0.259. The van der Waals surface area contributed by atoms with Crippen LogP contribution in [0.3, 0.4) is 0 Å². The van der Waals surface area contributed by atoms with E-state index in [9.17, 15) is 19.5 Å². The molecular formula is C16H26Br2O8. The van der Waals surface area contributed by atoms with Crippen molar-refractivity contribution in [3.63, 3.8) is 0 Å². The second kappa shape index (κ2) is 10.0. The fourth-order valence-corrected chi connectivity index (χ4v) is 1.58. The maximum absolute atomic E-state index is 12.4. The second-order valence-electron chi connectivity index (χ2n) is 7.09. The number of carbonyl (C=O) groups excluding carboxylic acids is 3. The van der Waals surface area contributed by atoms with Gasteiger partial charge in [0.25, 0.3) is 0 Å². The van der Waals surface area contributed by atoms with E-state index >= 15 is 0 Å². The van der Waals surface area contributed by atoms with Crippen molar-refractivity contribution >= 4 is 49.8 Å². The predicted octanol–water partition coefficient (Wildman–Crippen LogP) is 1.32. The molecule has 8 nitrogen and oxygen atoms in total. The Hall–Kier alpha value is -0.710. The minimum Gasteiger partial charge on any atom is -0.463 e. The summed E-state index contributed by atoms with van der Waals surface area (Å²) in [5, 5.41) is 18.1. The molecule has 0 radical (unpaired) electrons. The predicted molar refractivity (Wildman–Crippen MR) is 100 cm³/mol. The zero-order chi connectivity index (χ0) is 20.8. The lowest BCUT2D eigenvalue weighted by atomic mass is 9.93. The fourth-order valence-electron chi connectivity index (χ4n) is 1.35. The van der Waals surface area contributed by atoms with Gasteiger partial charge in [0.15, 0.2) is 0 Å². The van der Waals surface area contributed by atoms with Gasteiger partial charge >= 0.3 is 17.9 Å². The minimum absolute atomic E-state index is 0.398. The Kier molecular flexibility index (Phi) is 9.73. The summed E-state index contributed by atoms with van der Waals surface area (Å²) in [4.78, 5) is 36.3. The molecule has 0 aliphatic carbocycles. The van der Waals surface area contributed by atoms with Gasteiger partial charge in [-0.05, 0) is 34.6 Å². The molecular weight excluding hydrogens is 480 g/mol. The summed E-state index contributed by atoms with van der Waals surface area (Å²) in [6.07, 6.45) is -1.24. The average Bonchev–Trinajstić information content (AvgIpc) is 2.52. The zero-order valence-electron chi connectivity index (χ0n) is 15.5. The van der Waals surface area contributed by atoms with E-state index in [4.69, 9.17) is 19.3 Å². The molecule has 10 heteroatoms. The molecule has 0 rings (SSSR count). The van der Waals surface area contributed by atoms with Gasteiger partial charge < -0.3 is 24.4 Å². The molecule has 0 aliphatic rings. The Labute approximate surface area is 169 Å². The van der Waals surface area contributed by atoms with Gasteiger partial charge in [0.05, 0.1) is 6.61 Å². The first-order chi connectivity index (χ1) is 11.6. The molecule has 0 aliphatic heterocycles. The summed E-state index contributed by atoms with van der Waals surface area (Å²) in [5.74, 6) is -2.07. The summed E-state index contributed by atoms with van der Waals surface area (Å²) >= 11 is 6.31. The Bertz CT molecular complexity index is 477. The van der Waals surface area contributed by atoms with E-state index in [0.29, 0.717) is 0 Å². The molecule has 0 saturated heterocycles. The number of halogens is 2. The van der Waals surface area contributed by atoms with Crippen LogP contribution in [-0.2, 0) is 28.6 Å². The first kappa shape index (κ1) is 25.3. The summed E-state index contributed by atoms with van der Waals surface area (Å²) in [6, 6.07) is 0. The third kappa shape index (κ3) is 8.79. The highest BCUT2D eigenvalue weighted by Gasteiger charge is 2.41. The van der Waals surface area contributed by atoms with Crippen LogP contribution in [0, 0.1) is 5.41 Å². The van der Waals surface area contributed by atoms with Gasteiger partial charge in [-0.1, -0.05) is 31.9 Å². The fraction of sp³-hybridized carbons (Fsp3) is 0.812. The van der Waals surface area contributed by atoms with E-state index in [1.807, 2.05) is 0 Å². The Morgan fingerprint density at radius 2 is 1.23 bits per heavy atom. The van der Waals surface area contributed by atoms with Crippen LogP contribution in [0.25, 0.3) is 0 Å². The number of esters is 3. The molecule has 0 aromatic rings. The molecule has 0 spiro atoms. The number of alkyl halides is 2. The number of ether oxygens (including phenoxy) is 3. The van der Waals surface area contributed by atoms with Crippen LogP contribution >= 0.6 is 31.9 Å².